The second kappa shape index (κ2) is 11.1. The SMILES string of the molecule is CN1CCN(CCCCOc2ccc(-n3c(-c4ccc(O)cc4)cc4ccc(O)cc4c3=O)cc2)CC1. The third kappa shape index (κ3) is 5.79. The lowest BCUT2D eigenvalue weighted by atomic mass is 10.1. The standard InChI is InChI=1S/C30H33N3O4/c1-31-15-17-32(18-16-31)14-2-3-19-37-27-12-7-24(8-13-27)33-29(22-4-9-25(34)10-5-22)20-23-6-11-26(35)21-28(23)30(33)36/h4-13,20-21,34-35H,2-3,14-19H2,1H3. The van der Waals surface area contributed by atoms with Gasteiger partial charge < -0.3 is 24.7 Å². The molecule has 1 aliphatic rings. The summed E-state index contributed by atoms with van der Waals surface area (Å²) < 4.78 is 7.61. The Labute approximate surface area is 216 Å². The molecule has 7 heteroatoms. The van der Waals surface area contributed by atoms with Crippen molar-refractivity contribution in [2.45, 2.75) is 12.8 Å². The van der Waals surface area contributed by atoms with Gasteiger partial charge in [-0.25, -0.2) is 0 Å². The first-order valence-electron chi connectivity index (χ1n) is 12.8. The van der Waals surface area contributed by atoms with Crippen molar-refractivity contribution < 1.29 is 14.9 Å². The third-order valence-corrected chi connectivity index (χ3v) is 6.99. The molecular weight excluding hydrogens is 466 g/mol. The Morgan fingerprint density at radius 2 is 1.51 bits per heavy atom. The first-order valence-corrected chi connectivity index (χ1v) is 12.8. The predicted molar refractivity (Wildman–Crippen MR) is 147 cm³/mol. The first kappa shape index (κ1) is 24.9. The Morgan fingerprint density at radius 3 is 2.24 bits per heavy atom. The van der Waals surface area contributed by atoms with Gasteiger partial charge in [0, 0.05) is 31.9 Å². The van der Waals surface area contributed by atoms with Crippen LogP contribution in [0.5, 0.6) is 17.2 Å². The molecule has 5 rings (SSSR count). The lowest BCUT2D eigenvalue weighted by molar-refractivity contribution is 0.150. The number of hydrogen-bond donors (Lipinski definition) is 2. The molecule has 0 atom stereocenters. The highest BCUT2D eigenvalue weighted by Crippen LogP contribution is 2.28. The number of unbranched alkanes of at least 4 members (excludes halogenated alkanes) is 1. The maximum absolute atomic E-state index is 13.6. The van der Waals surface area contributed by atoms with Gasteiger partial charge in [0.25, 0.3) is 5.56 Å². The normalized spacial score (nSPS) is 14.7. The van der Waals surface area contributed by atoms with Crippen LogP contribution in [0.1, 0.15) is 12.8 Å². The minimum atomic E-state index is -0.228. The maximum Gasteiger partial charge on any atom is 0.263 e. The van der Waals surface area contributed by atoms with E-state index in [1.165, 1.54) is 6.07 Å². The Balaban J connectivity index is 1.33. The number of pyridine rings is 1. The number of aromatic hydroxyl groups is 2. The Morgan fingerprint density at radius 1 is 0.811 bits per heavy atom. The molecule has 1 saturated heterocycles. The van der Waals surface area contributed by atoms with Gasteiger partial charge in [-0.1, -0.05) is 6.07 Å². The van der Waals surface area contributed by atoms with Crippen LogP contribution in [0.25, 0.3) is 27.7 Å². The average Bonchev–Trinajstić information content (AvgIpc) is 2.91. The lowest BCUT2D eigenvalue weighted by Gasteiger charge is -2.32. The van der Waals surface area contributed by atoms with E-state index in [2.05, 4.69) is 16.8 Å². The summed E-state index contributed by atoms with van der Waals surface area (Å²) in [6, 6.07) is 21.0. The molecule has 7 nitrogen and oxygen atoms in total. The van der Waals surface area contributed by atoms with E-state index < -0.39 is 0 Å². The van der Waals surface area contributed by atoms with E-state index in [-0.39, 0.29) is 17.1 Å². The molecule has 37 heavy (non-hydrogen) atoms. The number of piperazine rings is 1. The van der Waals surface area contributed by atoms with Crippen molar-refractivity contribution >= 4 is 10.8 Å². The van der Waals surface area contributed by atoms with Crippen LogP contribution in [0, 0.1) is 0 Å². The number of ether oxygens (including phenoxy) is 1. The minimum absolute atomic E-state index is 0.0462. The summed E-state index contributed by atoms with van der Waals surface area (Å²) in [7, 11) is 2.17. The van der Waals surface area contributed by atoms with Gasteiger partial charge in [0.15, 0.2) is 0 Å². The monoisotopic (exact) mass is 499 g/mol. The van der Waals surface area contributed by atoms with Gasteiger partial charge in [0.05, 0.1) is 17.7 Å². The summed E-state index contributed by atoms with van der Waals surface area (Å²) in [4.78, 5) is 18.5. The quantitative estimate of drug-likeness (QED) is 0.348. The van der Waals surface area contributed by atoms with Crippen LogP contribution in [0.2, 0.25) is 0 Å². The summed E-state index contributed by atoms with van der Waals surface area (Å²) in [6.45, 7) is 6.31. The zero-order valence-corrected chi connectivity index (χ0v) is 21.1. The highest BCUT2D eigenvalue weighted by molar-refractivity contribution is 5.87. The number of benzene rings is 3. The summed E-state index contributed by atoms with van der Waals surface area (Å²) in [5, 5.41) is 20.9. The van der Waals surface area contributed by atoms with Crippen LogP contribution >= 0.6 is 0 Å². The summed E-state index contributed by atoms with van der Waals surface area (Å²) in [5.74, 6) is 0.972. The molecule has 4 aromatic rings. The summed E-state index contributed by atoms with van der Waals surface area (Å²) in [5.41, 5.74) is 1.96. The minimum Gasteiger partial charge on any atom is -0.508 e. The summed E-state index contributed by atoms with van der Waals surface area (Å²) in [6.07, 6.45) is 2.10. The van der Waals surface area contributed by atoms with E-state index in [4.69, 9.17) is 4.74 Å². The Bertz CT molecular complexity index is 1410. The molecule has 0 unspecified atom stereocenters. The molecule has 0 spiro atoms. The molecule has 0 amide bonds. The molecule has 1 fully saturated rings. The second-order valence-electron chi connectivity index (χ2n) is 9.68. The van der Waals surface area contributed by atoms with E-state index in [0.717, 1.165) is 62.3 Å². The largest absolute Gasteiger partial charge is 0.508 e. The highest BCUT2D eigenvalue weighted by Gasteiger charge is 2.15. The highest BCUT2D eigenvalue weighted by atomic mass is 16.5. The van der Waals surface area contributed by atoms with Gasteiger partial charge >= 0.3 is 0 Å². The van der Waals surface area contributed by atoms with E-state index in [9.17, 15) is 15.0 Å². The van der Waals surface area contributed by atoms with Crippen molar-refractivity contribution in [2.75, 3.05) is 46.4 Å². The van der Waals surface area contributed by atoms with E-state index in [1.54, 1.807) is 41.0 Å². The summed E-state index contributed by atoms with van der Waals surface area (Å²) >= 11 is 0. The molecule has 0 radical (unpaired) electrons. The van der Waals surface area contributed by atoms with Crippen molar-refractivity contribution in [3.63, 3.8) is 0 Å². The maximum atomic E-state index is 13.6. The molecule has 1 aromatic heterocycles. The number of nitrogens with zero attached hydrogens (tertiary/aromatic N) is 3. The third-order valence-electron chi connectivity index (χ3n) is 6.99. The van der Waals surface area contributed by atoms with Crippen LogP contribution in [-0.4, -0.2) is 71.0 Å². The molecule has 0 bridgehead atoms. The van der Waals surface area contributed by atoms with Gasteiger partial charge in [-0.05, 0) is 104 Å². The molecule has 3 aromatic carbocycles. The van der Waals surface area contributed by atoms with Gasteiger partial charge in [0.2, 0.25) is 0 Å². The zero-order chi connectivity index (χ0) is 25.8. The predicted octanol–water partition coefficient (Wildman–Crippen LogP) is 4.48. The van der Waals surface area contributed by atoms with Crippen LogP contribution in [0.4, 0.5) is 0 Å². The Hall–Kier alpha value is -3.81. The van der Waals surface area contributed by atoms with E-state index in [0.29, 0.717) is 23.4 Å². The number of aromatic nitrogens is 1. The van der Waals surface area contributed by atoms with Gasteiger partial charge in [-0.2, -0.15) is 0 Å². The van der Waals surface area contributed by atoms with Crippen LogP contribution in [-0.2, 0) is 0 Å². The molecule has 0 aliphatic carbocycles. The van der Waals surface area contributed by atoms with Gasteiger partial charge in [-0.3, -0.25) is 9.36 Å². The molecule has 2 heterocycles. The van der Waals surface area contributed by atoms with Gasteiger partial charge in [-0.15, -0.1) is 0 Å². The molecule has 2 N–H and O–H groups in total. The fraction of sp³-hybridized carbons (Fsp3) is 0.300. The topological polar surface area (TPSA) is 78.2 Å². The van der Waals surface area contributed by atoms with Crippen molar-refractivity contribution in [3.05, 3.63) is 83.2 Å². The van der Waals surface area contributed by atoms with Crippen molar-refractivity contribution in [1.82, 2.24) is 14.4 Å². The molecule has 1 aliphatic heterocycles. The van der Waals surface area contributed by atoms with Crippen molar-refractivity contribution in [3.8, 4) is 34.2 Å². The number of phenols is 2. The van der Waals surface area contributed by atoms with Crippen LogP contribution in [0.15, 0.2) is 77.6 Å². The number of likely N-dealkylation sites (N-methyl/N-ethyl adjacent to an activating group) is 1. The molecule has 0 saturated carbocycles. The zero-order valence-electron chi connectivity index (χ0n) is 21.1. The van der Waals surface area contributed by atoms with Crippen LogP contribution < -0.4 is 10.3 Å². The van der Waals surface area contributed by atoms with Crippen molar-refractivity contribution in [1.29, 1.82) is 0 Å². The lowest BCUT2D eigenvalue weighted by Crippen LogP contribution is -2.44. The van der Waals surface area contributed by atoms with Crippen molar-refractivity contribution in [2.24, 2.45) is 0 Å². The smallest absolute Gasteiger partial charge is 0.263 e. The number of rotatable bonds is 8. The molecule has 192 valence electrons. The van der Waals surface area contributed by atoms with E-state index >= 15 is 0 Å². The first-order chi connectivity index (χ1) is 18.0. The Kier molecular flexibility index (Phi) is 7.44. The van der Waals surface area contributed by atoms with E-state index in [1.807, 2.05) is 30.3 Å². The number of hydrogen-bond acceptors (Lipinski definition) is 6. The number of phenolic OH excluding ortho intramolecular Hbond substituents is 2. The fourth-order valence-electron chi connectivity index (χ4n) is 4.79. The number of fused-ring (bicyclic) bond motifs is 1. The second-order valence-corrected chi connectivity index (χ2v) is 9.68. The van der Waals surface area contributed by atoms with Gasteiger partial charge in [0.1, 0.15) is 17.2 Å². The fourth-order valence-corrected chi connectivity index (χ4v) is 4.79. The molecular formula is C30H33N3O4. The average molecular weight is 500 g/mol. The van der Waals surface area contributed by atoms with Crippen LogP contribution in [0.3, 0.4) is 0 Å².